The summed E-state index contributed by atoms with van der Waals surface area (Å²) in [4.78, 5) is 73.8. The highest BCUT2D eigenvalue weighted by Crippen LogP contribution is 2.19. The van der Waals surface area contributed by atoms with E-state index in [0.29, 0.717) is 16.9 Å². The molecule has 2 heterocycles. The molecule has 0 aliphatic heterocycles. The van der Waals surface area contributed by atoms with Gasteiger partial charge in [0.15, 0.2) is 16.9 Å². The van der Waals surface area contributed by atoms with Gasteiger partial charge in [0.1, 0.15) is 5.78 Å². The minimum absolute atomic E-state index is 0.0124. The van der Waals surface area contributed by atoms with Crippen LogP contribution in [0.15, 0.2) is 35.3 Å². The van der Waals surface area contributed by atoms with Crippen molar-refractivity contribution in [3.05, 3.63) is 52.1 Å². The van der Waals surface area contributed by atoms with Crippen LogP contribution >= 0.6 is 0 Å². The number of hydrogen-bond donors (Lipinski definition) is 6. The number of Topliss-reactive ketones (excluding diaryl/α,β-unsaturated/α-hetero) is 2. The number of nitrogen functional groups attached to an aromatic ring is 1. The number of aromatic amines is 1. The van der Waals surface area contributed by atoms with Crippen LogP contribution in [0, 0.1) is 5.92 Å². The van der Waals surface area contributed by atoms with Crippen LogP contribution in [-0.4, -0.2) is 48.5 Å². The molecule has 0 aliphatic carbocycles. The Morgan fingerprint density at radius 2 is 1.78 bits per heavy atom. The second-order valence-corrected chi connectivity index (χ2v) is 8.22. The molecule has 0 bridgehead atoms. The number of hydrazine groups is 1. The highest BCUT2D eigenvalue weighted by Gasteiger charge is 2.23. The van der Waals surface area contributed by atoms with Crippen molar-refractivity contribution in [2.24, 2.45) is 11.8 Å². The van der Waals surface area contributed by atoms with Gasteiger partial charge >= 0.3 is 5.97 Å². The number of nitrogens with zero attached hydrogens (tertiary/aromatic N) is 3. The highest BCUT2D eigenvalue weighted by molar-refractivity contribution is 5.98. The molecular weight excluding hydrogens is 484 g/mol. The van der Waals surface area contributed by atoms with E-state index in [9.17, 15) is 29.1 Å². The Hall–Kier alpha value is -4.72. The molecule has 14 heteroatoms. The summed E-state index contributed by atoms with van der Waals surface area (Å²) in [6, 6.07) is 6.42. The third kappa shape index (κ3) is 7.63. The van der Waals surface area contributed by atoms with Crippen LogP contribution in [0.3, 0.4) is 0 Å². The molecular formula is C23H26N8O6. The van der Waals surface area contributed by atoms with Crippen molar-refractivity contribution < 1.29 is 24.3 Å². The third-order valence-corrected chi connectivity index (χ3v) is 5.51. The van der Waals surface area contributed by atoms with E-state index in [2.05, 4.69) is 25.3 Å². The molecule has 14 nitrogen and oxygen atoms in total. The van der Waals surface area contributed by atoms with E-state index in [0.717, 1.165) is 0 Å². The van der Waals surface area contributed by atoms with Crippen LogP contribution in [0.5, 0.6) is 0 Å². The second-order valence-electron chi connectivity index (χ2n) is 8.22. The number of ketones is 2. The van der Waals surface area contributed by atoms with E-state index in [1.165, 1.54) is 6.20 Å². The molecule has 8 N–H and O–H groups in total. The zero-order valence-corrected chi connectivity index (χ0v) is 19.7. The zero-order chi connectivity index (χ0) is 26.9. The first-order valence-electron chi connectivity index (χ1n) is 11.3. The summed E-state index contributed by atoms with van der Waals surface area (Å²) in [6.07, 6.45) is 0.996. The van der Waals surface area contributed by atoms with Crippen molar-refractivity contribution in [2.45, 2.75) is 38.6 Å². The maximum absolute atomic E-state index is 12.6. The van der Waals surface area contributed by atoms with Crippen LogP contribution in [0.1, 0.15) is 48.2 Å². The number of carboxylic acids is 1. The predicted molar refractivity (Wildman–Crippen MR) is 132 cm³/mol. The van der Waals surface area contributed by atoms with Gasteiger partial charge in [-0.3, -0.25) is 34.4 Å². The fourth-order valence-corrected chi connectivity index (χ4v) is 3.46. The lowest BCUT2D eigenvalue weighted by Crippen LogP contribution is -2.30. The topological polar surface area (TPSA) is 236 Å². The first-order chi connectivity index (χ1) is 17.7. The number of nitrogens with one attached hydrogen (secondary N) is 3. The molecule has 0 aliphatic rings. The van der Waals surface area contributed by atoms with Crippen molar-refractivity contribution in [1.82, 2.24) is 25.4 Å². The number of fused-ring (bicyclic) bond motifs is 1. The summed E-state index contributed by atoms with van der Waals surface area (Å²) in [5, 5.41) is 12.6. The minimum atomic E-state index is -1.17. The molecule has 0 spiro atoms. The molecule has 2 aromatic heterocycles. The van der Waals surface area contributed by atoms with Gasteiger partial charge in [-0.25, -0.2) is 15.8 Å². The molecule has 3 rings (SSSR count). The number of amides is 1. The van der Waals surface area contributed by atoms with Gasteiger partial charge < -0.3 is 16.2 Å². The summed E-state index contributed by atoms with van der Waals surface area (Å²) >= 11 is 0. The van der Waals surface area contributed by atoms with Gasteiger partial charge in [0.2, 0.25) is 11.9 Å². The van der Waals surface area contributed by atoms with Crippen molar-refractivity contribution in [2.75, 3.05) is 11.1 Å². The lowest BCUT2D eigenvalue weighted by molar-refractivity contribution is -0.142. The molecule has 1 unspecified atom stereocenters. The number of anilines is 2. The lowest BCUT2D eigenvalue weighted by Gasteiger charge is -2.12. The third-order valence-electron chi connectivity index (χ3n) is 5.51. The monoisotopic (exact) mass is 510 g/mol. The molecule has 0 saturated heterocycles. The molecule has 37 heavy (non-hydrogen) atoms. The summed E-state index contributed by atoms with van der Waals surface area (Å²) in [5.74, 6) is 1.56. The fourth-order valence-electron chi connectivity index (χ4n) is 3.46. The number of carbonyl (C=O) groups is 4. The smallest absolute Gasteiger partial charge is 0.306 e. The highest BCUT2D eigenvalue weighted by atomic mass is 16.4. The predicted octanol–water partition coefficient (Wildman–Crippen LogP) is 0.300. The van der Waals surface area contributed by atoms with Crippen LogP contribution in [0.25, 0.3) is 11.2 Å². The molecule has 194 valence electrons. The number of carboxylic acid groups (broad SMARTS) is 1. The number of nitrogens with two attached hydrogens (primary N) is 2. The Morgan fingerprint density at radius 1 is 1.05 bits per heavy atom. The Bertz CT molecular complexity index is 1370. The largest absolute Gasteiger partial charge is 0.481 e. The number of aromatic nitrogens is 4. The van der Waals surface area contributed by atoms with Crippen molar-refractivity contribution in [3.63, 3.8) is 0 Å². The minimum Gasteiger partial charge on any atom is -0.481 e. The number of benzene rings is 1. The van der Waals surface area contributed by atoms with E-state index in [-0.39, 0.29) is 67.3 Å². The average molecular weight is 511 g/mol. The van der Waals surface area contributed by atoms with Gasteiger partial charge in [0.25, 0.3) is 5.56 Å². The van der Waals surface area contributed by atoms with E-state index in [1.54, 1.807) is 24.3 Å². The van der Waals surface area contributed by atoms with Crippen LogP contribution in [-0.2, 0) is 20.9 Å². The van der Waals surface area contributed by atoms with Gasteiger partial charge in [-0.05, 0) is 30.7 Å². The van der Waals surface area contributed by atoms with Crippen LogP contribution in [0.4, 0.5) is 11.6 Å². The average Bonchev–Trinajstić information content (AvgIpc) is 2.88. The van der Waals surface area contributed by atoms with Crippen molar-refractivity contribution in [3.8, 4) is 0 Å². The van der Waals surface area contributed by atoms with Crippen molar-refractivity contribution >= 4 is 46.2 Å². The van der Waals surface area contributed by atoms with Crippen molar-refractivity contribution in [1.29, 1.82) is 0 Å². The lowest BCUT2D eigenvalue weighted by atomic mass is 9.92. The van der Waals surface area contributed by atoms with Gasteiger partial charge in [-0.15, -0.1) is 0 Å². The first kappa shape index (κ1) is 26.9. The van der Waals surface area contributed by atoms with E-state index in [1.807, 2.05) is 5.43 Å². The van der Waals surface area contributed by atoms with E-state index < -0.39 is 23.4 Å². The Balaban J connectivity index is 1.54. The molecule has 1 aromatic carbocycles. The van der Waals surface area contributed by atoms with Gasteiger partial charge in [-0.1, -0.05) is 0 Å². The van der Waals surface area contributed by atoms with E-state index in [4.69, 9.17) is 11.6 Å². The quantitative estimate of drug-likeness (QED) is 0.0788. The fraction of sp³-hybridized carbons (Fsp3) is 0.304. The normalized spacial score (nSPS) is 11.6. The Morgan fingerprint density at radius 3 is 2.46 bits per heavy atom. The number of rotatable bonds is 13. The summed E-state index contributed by atoms with van der Waals surface area (Å²) in [7, 11) is 0. The molecule has 3 aromatic rings. The van der Waals surface area contributed by atoms with E-state index >= 15 is 0 Å². The number of H-pyrrole nitrogens is 1. The summed E-state index contributed by atoms with van der Waals surface area (Å²) < 4.78 is 0. The second kappa shape index (κ2) is 12.3. The number of hydrogen-bond acceptors (Lipinski definition) is 11. The number of carbonyl (C=O) groups excluding carboxylic acids is 3. The van der Waals surface area contributed by atoms with Gasteiger partial charge in [-0.2, -0.15) is 4.98 Å². The summed E-state index contributed by atoms with van der Waals surface area (Å²) in [6.45, 7) is 0.238. The number of aliphatic carboxylic acids is 1. The van der Waals surface area contributed by atoms with Gasteiger partial charge in [0, 0.05) is 36.9 Å². The molecule has 1 amide bonds. The maximum atomic E-state index is 12.6. The SMILES string of the molecule is NNC(=O)CCC(=O)CCC(CC(=O)c1ccc(NCc2cnc3nc(N)[nH]c(=O)c3n2)cc1)C(=O)O. The molecule has 0 radical (unpaired) electrons. The maximum Gasteiger partial charge on any atom is 0.306 e. The Labute approximate surface area is 209 Å². The Kier molecular flexibility index (Phi) is 8.94. The van der Waals surface area contributed by atoms with Crippen LogP contribution < -0.4 is 27.9 Å². The first-order valence-corrected chi connectivity index (χ1v) is 11.3. The standard InChI is InChI=1S/C23H26N8O6/c24-23-29-20-19(21(35)30-23)28-15(11-27-20)10-26-14-4-1-12(2-5-14)17(33)9-13(22(36)37)3-6-16(32)7-8-18(34)31-25/h1-2,4-5,11,13,26H,3,6-10,25H2,(H,31,34)(H,36,37)(H3,24,27,29,30,35). The summed E-state index contributed by atoms with van der Waals surface area (Å²) in [5.41, 5.74) is 8.57. The van der Waals surface area contributed by atoms with Gasteiger partial charge in [0.05, 0.1) is 24.4 Å². The molecule has 1 atom stereocenters. The van der Waals surface area contributed by atoms with Crippen LogP contribution in [0.2, 0.25) is 0 Å². The molecule has 0 saturated carbocycles. The molecule has 0 fully saturated rings. The zero-order valence-electron chi connectivity index (χ0n) is 19.7.